The fourth-order valence-corrected chi connectivity index (χ4v) is 5.35. The van der Waals surface area contributed by atoms with E-state index in [2.05, 4.69) is 23.5 Å². The standard InChI is InChI=1S/C27H31N3O2/c1-30(2)26-21-13-8-12-19(18-9-4-3-5-10-18)25(21)28-17-22(26)27(31)29-23-15-16-32-24-14-7-6-11-20(23)24/h6-8,11-14,17-18,23H,3-5,9-10,15-16H2,1-2H3,(H,29,31). The third kappa shape index (κ3) is 3.81. The van der Waals surface area contributed by atoms with Crippen molar-refractivity contribution >= 4 is 22.5 Å². The van der Waals surface area contributed by atoms with Crippen molar-refractivity contribution in [3.8, 4) is 5.75 Å². The van der Waals surface area contributed by atoms with Crippen molar-refractivity contribution < 1.29 is 9.53 Å². The summed E-state index contributed by atoms with van der Waals surface area (Å²) < 4.78 is 5.76. The first kappa shape index (κ1) is 20.8. The molecule has 2 heterocycles. The van der Waals surface area contributed by atoms with Crippen LogP contribution in [0.3, 0.4) is 0 Å². The number of ether oxygens (including phenoxy) is 1. The maximum atomic E-state index is 13.5. The van der Waals surface area contributed by atoms with Gasteiger partial charge in [0, 0.05) is 37.7 Å². The van der Waals surface area contributed by atoms with E-state index in [4.69, 9.17) is 9.72 Å². The number of pyridine rings is 1. The molecule has 5 heteroatoms. The number of carbonyl (C=O) groups excluding carboxylic acids is 1. The minimum atomic E-state index is -0.0899. The van der Waals surface area contributed by atoms with Gasteiger partial charge in [-0.15, -0.1) is 0 Å². The molecule has 2 aromatic carbocycles. The van der Waals surface area contributed by atoms with Crippen LogP contribution >= 0.6 is 0 Å². The summed E-state index contributed by atoms with van der Waals surface area (Å²) in [6.07, 6.45) is 8.88. The van der Waals surface area contributed by atoms with Crippen LogP contribution < -0.4 is 15.0 Å². The molecule has 3 aromatic rings. The lowest BCUT2D eigenvalue weighted by atomic mass is 9.83. The Morgan fingerprint density at radius 3 is 2.59 bits per heavy atom. The predicted molar refractivity (Wildman–Crippen MR) is 129 cm³/mol. The van der Waals surface area contributed by atoms with Crippen LogP contribution in [0.5, 0.6) is 5.75 Å². The first-order valence-corrected chi connectivity index (χ1v) is 11.7. The van der Waals surface area contributed by atoms with Gasteiger partial charge in [-0.2, -0.15) is 0 Å². The molecular weight excluding hydrogens is 398 g/mol. The van der Waals surface area contributed by atoms with Crippen LogP contribution in [0.4, 0.5) is 5.69 Å². The average molecular weight is 430 g/mol. The zero-order valence-electron chi connectivity index (χ0n) is 18.9. The zero-order valence-corrected chi connectivity index (χ0v) is 18.9. The van der Waals surface area contributed by atoms with E-state index in [0.29, 0.717) is 18.1 Å². The molecule has 1 aromatic heterocycles. The van der Waals surface area contributed by atoms with Crippen molar-refractivity contribution in [3.63, 3.8) is 0 Å². The molecule has 0 bridgehead atoms. The second kappa shape index (κ2) is 8.81. The summed E-state index contributed by atoms with van der Waals surface area (Å²) in [5, 5.41) is 4.30. The lowest BCUT2D eigenvalue weighted by Gasteiger charge is -2.28. The first-order chi connectivity index (χ1) is 15.6. The summed E-state index contributed by atoms with van der Waals surface area (Å²) in [5.41, 5.74) is 4.95. The van der Waals surface area contributed by atoms with Gasteiger partial charge in [-0.25, -0.2) is 0 Å². The highest BCUT2D eigenvalue weighted by atomic mass is 16.5. The molecule has 0 radical (unpaired) electrons. The second-order valence-electron chi connectivity index (χ2n) is 9.19. The summed E-state index contributed by atoms with van der Waals surface area (Å²) in [5.74, 6) is 1.33. The quantitative estimate of drug-likeness (QED) is 0.586. The minimum Gasteiger partial charge on any atom is -0.493 e. The number of para-hydroxylation sites is 2. The Labute approximate surface area is 189 Å². The van der Waals surface area contributed by atoms with Crippen LogP contribution in [0.1, 0.15) is 72.0 Å². The predicted octanol–water partition coefficient (Wildman–Crippen LogP) is 5.60. The van der Waals surface area contributed by atoms with E-state index in [1.807, 2.05) is 43.3 Å². The molecule has 1 aliphatic carbocycles. The van der Waals surface area contributed by atoms with Crippen LogP contribution in [0.25, 0.3) is 10.9 Å². The number of hydrogen-bond donors (Lipinski definition) is 1. The maximum Gasteiger partial charge on any atom is 0.255 e. The van der Waals surface area contributed by atoms with Crippen molar-refractivity contribution in [3.05, 3.63) is 65.4 Å². The number of anilines is 1. The number of fused-ring (bicyclic) bond motifs is 2. The second-order valence-corrected chi connectivity index (χ2v) is 9.19. The van der Waals surface area contributed by atoms with Crippen LogP contribution in [0.15, 0.2) is 48.7 Å². The molecule has 1 N–H and O–H groups in total. The Hall–Kier alpha value is -3.08. The van der Waals surface area contributed by atoms with Gasteiger partial charge >= 0.3 is 0 Å². The van der Waals surface area contributed by atoms with E-state index >= 15 is 0 Å². The van der Waals surface area contributed by atoms with Gasteiger partial charge < -0.3 is 15.0 Å². The SMILES string of the molecule is CN(C)c1c(C(=O)NC2CCOc3ccccc32)cnc2c(C3CCCCC3)cccc12. The molecule has 1 fully saturated rings. The normalized spacial score (nSPS) is 18.6. The van der Waals surface area contributed by atoms with Crippen LogP contribution in [0, 0.1) is 0 Å². The number of nitrogens with zero attached hydrogens (tertiary/aromatic N) is 2. The highest BCUT2D eigenvalue weighted by Gasteiger charge is 2.26. The molecule has 1 unspecified atom stereocenters. The monoisotopic (exact) mass is 429 g/mol. The Bertz CT molecular complexity index is 1130. The molecule has 1 aliphatic heterocycles. The molecule has 166 valence electrons. The third-order valence-electron chi connectivity index (χ3n) is 6.90. The van der Waals surface area contributed by atoms with Crippen LogP contribution in [-0.4, -0.2) is 31.6 Å². The topological polar surface area (TPSA) is 54.5 Å². The smallest absolute Gasteiger partial charge is 0.255 e. The first-order valence-electron chi connectivity index (χ1n) is 11.7. The number of hydrogen-bond acceptors (Lipinski definition) is 4. The van der Waals surface area contributed by atoms with Gasteiger partial charge in [-0.3, -0.25) is 9.78 Å². The molecular formula is C27H31N3O2. The number of aromatic nitrogens is 1. The number of benzene rings is 2. The van der Waals surface area contributed by atoms with Crippen molar-refractivity contribution in [2.24, 2.45) is 0 Å². The third-order valence-corrected chi connectivity index (χ3v) is 6.90. The highest BCUT2D eigenvalue weighted by molar-refractivity contribution is 6.08. The van der Waals surface area contributed by atoms with Gasteiger partial charge in [0.05, 0.1) is 29.4 Å². The highest BCUT2D eigenvalue weighted by Crippen LogP contribution is 2.39. The molecule has 5 rings (SSSR count). The molecule has 32 heavy (non-hydrogen) atoms. The van der Waals surface area contributed by atoms with E-state index < -0.39 is 0 Å². The molecule has 1 amide bonds. The summed E-state index contributed by atoms with van der Waals surface area (Å²) in [6.45, 7) is 0.600. The van der Waals surface area contributed by atoms with E-state index in [9.17, 15) is 4.79 Å². The van der Waals surface area contributed by atoms with E-state index in [1.165, 1.54) is 37.7 Å². The summed E-state index contributed by atoms with van der Waals surface area (Å²) in [4.78, 5) is 20.3. The molecule has 5 nitrogen and oxygen atoms in total. The van der Waals surface area contributed by atoms with Gasteiger partial charge in [0.25, 0.3) is 5.91 Å². The Balaban J connectivity index is 1.52. The molecule has 0 saturated heterocycles. The van der Waals surface area contributed by atoms with E-state index in [0.717, 1.165) is 34.3 Å². The molecule has 0 spiro atoms. The number of carbonyl (C=O) groups is 1. The fourth-order valence-electron chi connectivity index (χ4n) is 5.35. The molecule has 2 aliphatic rings. The average Bonchev–Trinajstić information content (AvgIpc) is 2.83. The number of rotatable bonds is 4. The van der Waals surface area contributed by atoms with E-state index in [1.54, 1.807) is 6.20 Å². The van der Waals surface area contributed by atoms with Gasteiger partial charge in [0.2, 0.25) is 0 Å². The summed E-state index contributed by atoms with van der Waals surface area (Å²) in [7, 11) is 4.01. The zero-order chi connectivity index (χ0) is 22.1. The van der Waals surface area contributed by atoms with E-state index in [-0.39, 0.29) is 11.9 Å². The lowest BCUT2D eigenvalue weighted by molar-refractivity contribution is 0.0925. The number of nitrogens with one attached hydrogen (secondary N) is 1. The Morgan fingerprint density at radius 1 is 1.00 bits per heavy atom. The van der Waals surface area contributed by atoms with Gasteiger partial charge in [0.1, 0.15) is 5.75 Å². The van der Waals surface area contributed by atoms with Crippen molar-refractivity contribution in [1.82, 2.24) is 10.3 Å². The summed E-state index contributed by atoms with van der Waals surface area (Å²) in [6, 6.07) is 14.3. The Kier molecular flexibility index (Phi) is 5.73. The van der Waals surface area contributed by atoms with Gasteiger partial charge in [-0.05, 0) is 30.4 Å². The van der Waals surface area contributed by atoms with Crippen molar-refractivity contribution in [2.75, 3.05) is 25.6 Å². The van der Waals surface area contributed by atoms with Crippen molar-refractivity contribution in [2.45, 2.75) is 50.5 Å². The van der Waals surface area contributed by atoms with Crippen LogP contribution in [-0.2, 0) is 0 Å². The van der Waals surface area contributed by atoms with Crippen LogP contribution in [0.2, 0.25) is 0 Å². The fraction of sp³-hybridized carbons (Fsp3) is 0.407. The van der Waals surface area contributed by atoms with Gasteiger partial charge in [0.15, 0.2) is 0 Å². The largest absolute Gasteiger partial charge is 0.493 e. The molecule has 1 atom stereocenters. The van der Waals surface area contributed by atoms with Gasteiger partial charge in [-0.1, -0.05) is 55.7 Å². The maximum absolute atomic E-state index is 13.5. The lowest BCUT2D eigenvalue weighted by Crippen LogP contribution is -2.33. The summed E-state index contributed by atoms with van der Waals surface area (Å²) >= 11 is 0. The van der Waals surface area contributed by atoms with Crippen molar-refractivity contribution in [1.29, 1.82) is 0 Å². The molecule has 1 saturated carbocycles. The number of amides is 1. The Morgan fingerprint density at radius 2 is 1.78 bits per heavy atom. The minimum absolute atomic E-state index is 0.0632.